The zero-order valence-electron chi connectivity index (χ0n) is 11.4. The number of hydrogen-bond acceptors (Lipinski definition) is 4. The molecule has 0 spiro atoms. The van der Waals surface area contributed by atoms with Gasteiger partial charge in [0.05, 0.1) is 5.56 Å². The predicted molar refractivity (Wildman–Crippen MR) is 78.0 cm³/mol. The van der Waals surface area contributed by atoms with E-state index in [0.29, 0.717) is 11.5 Å². The average Bonchev–Trinajstić information content (AvgIpc) is 2.43. The quantitative estimate of drug-likeness (QED) is 0.885. The zero-order chi connectivity index (χ0) is 14.6. The van der Waals surface area contributed by atoms with E-state index in [1.54, 1.807) is 0 Å². The Balaban J connectivity index is 0.000000861. The lowest BCUT2D eigenvalue weighted by molar-refractivity contribution is 0.0695. The van der Waals surface area contributed by atoms with Gasteiger partial charge in [-0.1, -0.05) is 6.92 Å². The summed E-state index contributed by atoms with van der Waals surface area (Å²) in [6.07, 6.45) is 2.26. The van der Waals surface area contributed by atoms with Crippen LogP contribution in [0.15, 0.2) is 11.0 Å². The van der Waals surface area contributed by atoms with Crippen LogP contribution in [0.3, 0.4) is 0 Å². The largest absolute Gasteiger partial charge is 0.478 e. The van der Waals surface area contributed by atoms with Crippen molar-refractivity contribution in [2.45, 2.75) is 44.4 Å². The summed E-state index contributed by atoms with van der Waals surface area (Å²) in [6.45, 7) is 6.17. The third kappa shape index (κ3) is 2.97. The molecule has 0 aromatic heterocycles. The number of rotatable bonds is 2. The second kappa shape index (κ2) is 6.70. The maximum absolute atomic E-state index is 11.2. The molecule has 1 aromatic carbocycles. The molecular weight excluding hydrogens is 264 g/mol. The second-order valence-electron chi connectivity index (χ2n) is 4.66. The van der Waals surface area contributed by atoms with Gasteiger partial charge in [-0.05, 0) is 61.1 Å². The highest BCUT2D eigenvalue weighted by molar-refractivity contribution is 7.99. The summed E-state index contributed by atoms with van der Waals surface area (Å²) in [4.78, 5) is 26.6. The lowest BCUT2D eigenvalue weighted by Gasteiger charge is -2.28. The number of carboxylic acid groups (broad SMARTS) is 1. The van der Waals surface area contributed by atoms with Gasteiger partial charge in [0.25, 0.3) is 0 Å². The third-order valence-corrected chi connectivity index (χ3v) is 4.89. The number of carboxylic acids is 1. The molecule has 104 valence electrons. The molecule has 1 N–H and O–H groups in total. The Labute approximate surface area is 116 Å². The van der Waals surface area contributed by atoms with E-state index < -0.39 is 5.97 Å². The Kier molecular flexibility index (Phi) is 5.54. The number of fused-ring (bicyclic) bond motifs is 1. The van der Waals surface area contributed by atoms with Crippen molar-refractivity contribution < 1.29 is 9.90 Å². The summed E-state index contributed by atoms with van der Waals surface area (Å²) in [5.41, 5.74) is 3.85. The number of thioether (sulfide) groups is 1. The van der Waals surface area contributed by atoms with Crippen LogP contribution in [0.4, 0.5) is 0 Å². The summed E-state index contributed by atoms with van der Waals surface area (Å²) >= 11 is 1.88. The zero-order valence-corrected chi connectivity index (χ0v) is 12.2. The fourth-order valence-electron chi connectivity index (χ4n) is 2.68. The van der Waals surface area contributed by atoms with Crippen LogP contribution in [0.1, 0.15) is 52.7 Å². The maximum atomic E-state index is 11.2. The SMILES string of the molecule is CCC1CCSc2c(C)cc(C(=O)O)c(C)c21.O=O. The van der Waals surface area contributed by atoms with Crippen molar-refractivity contribution in [1.82, 2.24) is 0 Å². The molecule has 1 aliphatic rings. The molecule has 4 nitrogen and oxygen atoms in total. The molecule has 0 amide bonds. The molecule has 1 unspecified atom stereocenters. The molecule has 0 bridgehead atoms. The van der Waals surface area contributed by atoms with E-state index in [0.717, 1.165) is 29.7 Å². The summed E-state index contributed by atoms with van der Waals surface area (Å²) in [5.74, 6) is 0.876. The van der Waals surface area contributed by atoms with Gasteiger partial charge in [-0.3, -0.25) is 0 Å². The van der Waals surface area contributed by atoms with Crippen molar-refractivity contribution in [3.63, 3.8) is 0 Å². The van der Waals surface area contributed by atoms with Crippen LogP contribution >= 0.6 is 11.8 Å². The fraction of sp³-hybridized carbons (Fsp3) is 0.500. The van der Waals surface area contributed by atoms with Gasteiger partial charge < -0.3 is 5.11 Å². The molecule has 1 atom stereocenters. The van der Waals surface area contributed by atoms with Gasteiger partial charge in [0.15, 0.2) is 0 Å². The molecule has 1 aliphatic heterocycles. The highest BCUT2D eigenvalue weighted by Crippen LogP contribution is 2.43. The molecule has 0 radical (unpaired) electrons. The van der Waals surface area contributed by atoms with Crippen molar-refractivity contribution in [2.75, 3.05) is 5.75 Å². The minimum absolute atomic E-state index is 0.474. The Hall–Kier alpha value is -1.36. The average molecular weight is 282 g/mol. The molecular formula is C14H18O4S. The first-order valence-corrected chi connectivity index (χ1v) is 7.21. The molecule has 1 heterocycles. The summed E-state index contributed by atoms with van der Waals surface area (Å²) in [6, 6.07) is 1.82. The minimum Gasteiger partial charge on any atom is -0.478 e. The third-order valence-electron chi connectivity index (χ3n) is 3.62. The van der Waals surface area contributed by atoms with Crippen LogP contribution in [0.5, 0.6) is 0 Å². The number of aromatic carboxylic acids is 1. The van der Waals surface area contributed by atoms with E-state index in [1.807, 2.05) is 31.7 Å². The summed E-state index contributed by atoms with van der Waals surface area (Å²) in [5, 5.41) is 9.24. The van der Waals surface area contributed by atoms with Gasteiger partial charge in [-0.25, -0.2) is 4.79 Å². The monoisotopic (exact) mass is 282 g/mol. The van der Waals surface area contributed by atoms with Gasteiger partial charge in [0, 0.05) is 14.8 Å². The second-order valence-corrected chi connectivity index (χ2v) is 5.76. The Morgan fingerprint density at radius 1 is 1.42 bits per heavy atom. The molecule has 5 heteroatoms. The standard InChI is InChI=1S/C14H18O2S.O2/c1-4-10-5-6-17-13-8(2)7-11(14(15)16)9(3)12(10)13;1-2/h7,10H,4-6H2,1-3H3,(H,15,16);. The summed E-state index contributed by atoms with van der Waals surface area (Å²) < 4.78 is 0. The first kappa shape index (κ1) is 15.7. The number of hydrogen-bond donors (Lipinski definition) is 1. The van der Waals surface area contributed by atoms with Crippen LogP contribution in [-0.4, -0.2) is 16.8 Å². The van der Waals surface area contributed by atoms with Gasteiger partial charge in [-0.2, -0.15) is 0 Å². The predicted octanol–water partition coefficient (Wildman–Crippen LogP) is 4.06. The van der Waals surface area contributed by atoms with Crippen LogP contribution in [0.25, 0.3) is 0 Å². The van der Waals surface area contributed by atoms with Crippen LogP contribution in [0, 0.1) is 23.8 Å². The van der Waals surface area contributed by atoms with Gasteiger partial charge in [0.1, 0.15) is 0 Å². The topological polar surface area (TPSA) is 71.4 Å². The summed E-state index contributed by atoms with van der Waals surface area (Å²) in [7, 11) is 0. The molecule has 1 aromatic rings. The fourth-order valence-corrected chi connectivity index (χ4v) is 4.05. The van der Waals surface area contributed by atoms with Gasteiger partial charge in [-0.15, -0.1) is 11.8 Å². The minimum atomic E-state index is -0.807. The smallest absolute Gasteiger partial charge is 0.335 e. The van der Waals surface area contributed by atoms with E-state index in [-0.39, 0.29) is 0 Å². The number of aryl methyl sites for hydroxylation is 1. The van der Waals surface area contributed by atoms with Crippen LogP contribution < -0.4 is 0 Å². The number of carbonyl (C=O) groups is 1. The van der Waals surface area contributed by atoms with Crippen molar-refractivity contribution in [3.8, 4) is 0 Å². The molecule has 0 saturated heterocycles. The Morgan fingerprint density at radius 2 is 2.05 bits per heavy atom. The van der Waals surface area contributed by atoms with E-state index in [9.17, 15) is 9.90 Å². The molecule has 2 rings (SSSR count). The molecule has 0 aliphatic carbocycles. The van der Waals surface area contributed by atoms with Crippen molar-refractivity contribution in [2.24, 2.45) is 0 Å². The van der Waals surface area contributed by atoms with Gasteiger partial charge >= 0.3 is 5.97 Å². The van der Waals surface area contributed by atoms with Crippen molar-refractivity contribution >= 4 is 17.7 Å². The van der Waals surface area contributed by atoms with E-state index in [1.165, 1.54) is 10.5 Å². The van der Waals surface area contributed by atoms with E-state index in [4.69, 9.17) is 9.93 Å². The Morgan fingerprint density at radius 3 is 2.58 bits per heavy atom. The van der Waals surface area contributed by atoms with Crippen molar-refractivity contribution in [3.05, 3.63) is 38.2 Å². The lowest BCUT2D eigenvalue weighted by atomic mass is 9.86. The molecule has 0 saturated carbocycles. The first-order chi connectivity index (χ1) is 9.06. The van der Waals surface area contributed by atoms with Crippen molar-refractivity contribution in [1.29, 1.82) is 0 Å². The normalized spacial score (nSPS) is 17.1. The number of benzene rings is 1. The Bertz CT molecular complexity index is 485. The van der Waals surface area contributed by atoms with E-state index >= 15 is 0 Å². The van der Waals surface area contributed by atoms with E-state index in [2.05, 4.69) is 6.92 Å². The maximum Gasteiger partial charge on any atom is 0.335 e. The van der Waals surface area contributed by atoms with Gasteiger partial charge in [0.2, 0.25) is 0 Å². The highest BCUT2D eigenvalue weighted by Gasteiger charge is 2.25. The molecule has 0 fully saturated rings. The first-order valence-electron chi connectivity index (χ1n) is 6.23. The van der Waals surface area contributed by atoms with Crippen LogP contribution in [0.2, 0.25) is 0 Å². The lowest BCUT2D eigenvalue weighted by Crippen LogP contribution is -2.13. The molecule has 19 heavy (non-hydrogen) atoms. The van der Waals surface area contributed by atoms with Crippen LogP contribution in [-0.2, 0) is 0 Å². The highest BCUT2D eigenvalue weighted by atomic mass is 32.2.